The van der Waals surface area contributed by atoms with Gasteiger partial charge in [0.15, 0.2) is 6.61 Å². The zero-order valence-corrected chi connectivity index (χ0v) is 13.9. The molecule has 0 radical (unpaired) electrons. The molecule has 24 heavy (non-hydrogen) atoms. The summed E-state index contributed by atoms with van der Waals surface area (Å²) in [6.07, 6.45) is 4.96. The number of carbonyl (C=O) groups is 2. The van der Waals surface area contributed by atoms with E-state index in [2.05, 4.69) is 4.74 Å². The number of rotatable bonds is 6. The Hall–Kier alpha value is -1.09. The van der Waals surface area contributed by atoms with Crippen molar-refractivity contribution in [2.24, 2.45) is 23.2 Å². The molecule has 6 nitrogen and oxygen atoms in total. The second-order valence-corrected chi connectivity index (χ2v) is 9.12. The van der Waals surface area contributed by atoms with Crippen molar-refractivity contribution in [3.8, 4) is 0 Å². The standard InChI is InChI=1S/C15H20F2O6S/c16-15(17,24(20,21)22)8-23-13(19)4-12(18)14-5-9-1-10(6-14)3-11(2-9)7-14/h9-11H,1-8H2,(H,20,21,22). The predicted octanol–water partition coefficient (Wildman–Crippen LogP) is 2.19. The molecule has 136 valence electrons. The SMILES string of the molecule is O=C(CC(=O)C12CC3CC(CC(C3)C1)C2)OCC(F)(F)S(=O)(=O)O. The third-order valence-corrected chi connectivity index (χ3v) is 6.59. The maximum Gasteiger partial charge on any atom is 0.402 e. The second-order valence-electron chi connectivity index (χ2n) is 7.57. The van der Waals surface area contributed by atoms with Gasteiger partial charge in [0.1, 0.15) is 12.2 Å². The Morgan fingerprint density at radius 2 is 1.54 bits per heavy atom. The van der Waals surface area contributed by atoms with E-state index in [1.54, 1.807) is 0 Å². The van der Waals surface area contributed by atoms with Crippen molar-refractivity contribution < 1.29 is 36.1 Å². The number of hydrogen-bond donors (Lipinski definition) is 1. The van der Waals surface area contributed by atoms with E-state index in [0.29, 0.717) is 17.8 Å². The number of alkyl halides is 2. The molecular formula is C15H20F2O6S. The minimum absolute atomic E-state index is 0.290. The third-order valence-electron chi connectivity index (χ3n) is 5.71. The first kappa shape index (κ1) is 17.7. The van der Waals surface area contributed by atoms with E-state index in [4.69, 9.17) is 4.55 Å². The molecule has 0 aromatic heterocycles. The highest BCUT2D eigenvalue weighted by Gasteiger charge is 2.54. The average molecular weight is 366 g/mol. The van der Waals surface area contributed by atoms with Crippen LogP contribution in [-0.4, -0.2) is 36.6 Å². The van der Waals surface area contributed by atoms with E-state index < -0.39 is 39.8 Å². The van der Waals surface area contributed by atoms with Gasteiger partial charge in [0.2, 0.25) is 0 Å². The molecule has 9 heteroatoms. The number of ketones is 1. The summed E-state index contributed by atoms with van der Waals surface area (Å²) in [7, 11) is -5.66. The number of ether oxygens (including phenoxy) is 1. The highest BCUT2D eigenvalue weighted by molar-refractivity contribution is 7.86. The summed E-state index contributed by atoms with van der Waals surface area (Å²) in [5, 5.41) is -4.58. The maximum atomic E-state index is 13.0. The molecule has 4 rings (SSSR count). The first-order chi connectivity index (χ1) is 11.0. The zero-order valence-electron chi connectivity index (χ0n) is 13.0. The molecule has 0 aromatic rings. The van der Waals surface area contributed by atoms with Gasteiger partial charge in [-0.15, -0.1) is 0 Å². The minimum atomic E-state index is -5.66. The molecule has 0 saturated heterocycles. The molecule has 0 spiro atoms. The Morgan fingerprint density at radius 1 is 1.08 bits per heavy atom. The van der Waals surface area contributed by atoms with Crippen LogP contribution in [-0.2, 0) is 24.4 Å². The summed E-state index contributed by atoms with van der Waals surface area (Å²) in [6.45, 7) is -1.79. The molecule has 4 aliphatic carbocycles. The van der Waals surface area contributed by atoms with Crippen molar-refractivity contribution in [3.05, 3.63) is 0 Å². The first-order valence-electron chi connectivity index (χ1n) is 8.04. The summed E-state index contributed by atoms with van der Waals surface area (Å²) < 4.78 is 59.6. The Labute approximate surface area is 138 Å². The van der Waals surface area contributed by atoms with Crippen molar-refractivity contribution in [1.82, 2.24) is 0 Å². The Morgan fingerprint density at radius 3 is 1.96 bits per heavy atom. The molecule has 0 unspecified atom stereocenters. The lowest BCUT2D eigenvalue weighted by molar-refractivity contribution is -0.157. The van der Waals surface area contributed by atoms with Gasteiger partial charge in [-0.05, 0) is 56.3 Å². The van der Waals surface area contributed by atoms with Gasteiger partial charge in [0.05, 0.1) is 0 Å². The van der Waals surface area contributed by atoms with Gasteiger partial charge < -0.3 is 4.74 Å². The molecular weight excluding hydrogens is 346 g/mol. The molecule has 0 amide bonds. The number of halogens is 2. The van der Waals surface area contributed by atoms with Crippen LogP contribution in [0.4, 0.5) is 8.78 Å². The number of Topliss-reactive ketones (excluding diaryl/α,β-unsaturated/α-hetero) is 1. The Bertz CT molecular complexity index is 622. The molecule has 4 bridgehead atoms. The fraction of sp³-hybridized carbons (Fsp3) is 0.867. The smallest absolute Gasteiger partial charge is 0.402 e. The van der Waals surface area contributed by atoms with Crippen molar-refractivity contribution >= 4 is 21.9 Å². The molecule has 4 saturated carbocycles. The number of hydrogen-bond acceptors (Lipinski definition) is 5. The van der Waals surface area contributed by atoms with Crippen LogP contribution < -0.4 is 0 Å². The van der Waals surface area contributed by atoms with E-state index in [-0.39, 0.29) is 5.78 Å². The van der Waals surface area contributed by atoms with Gasteiger partial charge >= 0.3 is 21.3 Å². The summed E-state index contributed by atoms with van der Waals surface area (Å²) in [4.78, 5) is 24.2. The lowest BCUT2D eigenvalue weighted by Crippen LogP contribution is -2.50. The van der Waals surface area contributed by atoms with Crippen LogP contribution in [0.5, 0.6) is 0 Å². The van der Waals surface area contributed by atoms with Crippen LogP contribution in [0.1, 0.15) is 44.9 Å². The quantitative estimate of drug-likeness (QED) is 0.440. The van der Waals surface area contributed by atoms with E-state index in [1.165, 1.54) is 0 Å². The zero-order chi connectivity index (χ0) is 17.8. The van der Waals surface area contributed by atoms with Crippen LogP contribution >= 0.6 is 0 Å². The molecule has 4 aliphatic rings. The molecule has 0 atom stereocenters. The van der Waals surface area contributed by atoms with Gasteiger partial charge in [0.25, 0.3) is 0 Å². The minimum Gasteiger partial charge on any atom is -0.458 e. The lowest BCUT2D eigenvalue weighted by atomic mass is 9.48. The van der Waals surface area contributed by atoms with Crippen molar-refractivity contribution in [2.45, 2.75) is 50.2 Å². The Kier molecular flexibility index (Phi) is 4.23. The summed E-state index contributed by atoms with van der Waals surface area (Å²) in [5.74, 6) is 0.0288. The van der Waals surface area contributed by atoms with Crippen molar-refractivity contribution in [3.63, 3.8) is 0 Å². The summed E-state index contributed by atoms with van der Waals surface area (Å²) in [5.41, 5.74) is -0.542. The largest absolute Gasteiger partial charge is 0.458 e. The third kappa shape index (κ3) is 3.20. The fourth-order valence-corrected chi connectivity index (χ4v) is 5.27. The lowest BCUT2D eigenvalue weighted by Gasteiger charge is -2.55. The summed E-state index contributed by atoms with van der Waals surface area (Å²) >= 11 is 0. The van der Waals surface area contributed by atoms with E-state index in [0.717, 1.165) is 38.5 Å². The molecule has 0 aromatic carbocycles. The predicted molar refractivity (Wildman–Crippen MR) is 77.7 cm³/mol. The van der Waals surface area contributed by atoms with E-state index >= 15 is 0 Å². The van der Waals surface area contributed by atoms with Gasteiger partial charge in [-0.1, -0.05) is 0 Å². The molecule has 0 heterocycles. The highest BCUT2D eigenvalue weighted by atomic mass is 32.2. The maximum absolute atomic E-state index is 13.0. The molecule has 1 N–H and O–H groups in total. The first-order valence-corrected chi connectivity index (χ1v) is 9.48. The van der Waals surface area contributed by atoms with Crippen LogP contribution in [0, 0.1) is 23.2 Å². The van der Waals surface area contributed by atoms with Crippen LogP contribution in [0.2, 0.25) is 0 Å². The molecule has 4 fully saturated rings. The van der Waals surface area contributed by atoms with Crippen LogP contribution in [0.15, 0.2) is 0 Å². The van der Waals surface area contributed by atoms with E-state index in [1.807, 2.05) is 0 Å². The average Bonchev–Trinajstić information content (AvgIpc) is 2.42. The van der Waals surface area contributed by atoms with Crippen molar-refractivity contribution in [2.75, 3.05) is 6.61 Å². The monoisotopic (exact) mass is 366 g/mol. The number of esters is 1. The second kappa shape index (κ2) is 5.72. The van der Waals surface area contributed by atoms with Crippen molar-refractivity contribution in [1.29, 1.82) is 0 Å². The van der Waals surface area contributed by atoms with Gasteiger partial charge in [-0.2, -0.15) is 17.2 Å². The highest BCUT2D eigenvalue weighted by Crippen LogP contribution is 2.60. The van der Waals surface area contributed by atoms with Crippen LogP contribution in [0.25, 0.3) is 0 Å². The summed E-state index contributed by atoms with van der Waals surface area (Å²) in [6, 6.07) is 0. The topological polar surface area (TPSA) is 97.7 Å². The normalized spacial score (nSPS) is 35.0. The van der Waals surface area contributed by atoms with Gasteiger partial charge in [0, 0.05) is 5.41 Å². The van der Waals surface area contributed by atoms with Crippen LogP contribution in [0.3, 0.4) is 0 Å². The van der Waals surface area contributed by atoms with Gasteiger partial charge in [-0.25, -0.2) is 0 Å². The van der Waals surface area contributed by atoms with E-state index in [9.17, 15) is 26.8 Å². The molecule has 0 aliphatic heterocycles. The Balaban J connectivity index is 1.58. The number of carbonyl (C=O) groups excluding carboxylic acids is 2. The van der Waals surface area contributed by atoms with Gasteiger partial charge in [-0.3, -0.25) is 14.1 Å². The fourth-order valence-electron chi connectivity index (χ4n) is 5.06.